The van der Waals surface area contributed by atoms with E-state index in [0.29, 0.717) is 22.9 Å². The average molecular weight is 353 g/mol. The number of benzene rings is 1. The van der Waals surface area contributed by atoms with Crippen LogP contribution in [-0.4, -0.2) is 42.5 Å². The standard InChI is InChI=1S/C18H25ClN2O3/c1-6-21(12-16(22)20-18(2,3)4)17(23)10-7-13-11-14(19)8-9-15(13)24-5/h7-11H,6,12H2,1-5H3,(H,20,22)/b10-7+. The summed E-state index contributed by atoms with van der Waals surface area (Å²) in [5.74, 6) is 0.187. The van der Waals surface area contributed by atoms with Crippen LogP contribution < -0.4 is 10.1 Å². The maximum absolute atomic E-state index is 12.3. The van der Waals surface area contributed by atoms with Crippen molar-refractivity contribution in [3.05, 3.63) is 34.9 Å². The van der Waals surface area contributed by atoms with E-state index in [9.17, 15) is 9.59 Å². The zero-order valence-corrected chi connectivity index (χ0v) is 15.6. The predicted molar refractivity (Wildman–Crippen MR) is 97.2 cm³/mol. The minimum atomic E-state index is -0.330. The number of nitrogens with zero attached hydrogens (tertiary/aromatic N) is 1. The zero-order valence-electron chi connectivity index (χ0n) is 14.9. The molecule has 24 heavy (non-hydrogen) atoms. The first-order chi connectivity index (χ1) is 11.2. The fourth-order valence-electron chi connectivity index (χ4n) is 2.08. The lowest BCUT2D eigenvalue weighted by Crippen LogP contribution is -2.47. The Labute approximate surface area is 148 Å². The third-order valence-electron chi connectivity index (χ3n) is 3.14. The molecule has 5 nitrogen and oxygen atoms in total. The summed E-state index contributed by atoms with van der Waals surface area (Å²) in [6, 6.07) is 5.17. The minimum absolute atomic E-state index is 0.0175. The summed E-state index contributed by atoms with van der Waals surface area (Å²) in [6.07, 6.45) is 3.05. The van der Waals surface area contributed by atoms with Crippen LogP contribution in [-0.2, 0) is 9.59 Å². The van der Waals surface area contributed by atoms with Gasteiger partial charge in [0, 0.05) is 28.7 Å². The second-order valence-electron chi connectivity index (χ2n) is 6.37. The molecule has 0 radical (unpaired) electrons. The van der Waals surface area contributed by atoms with E-state index in [1.54, 1.807) is 31.4 Å². The Balaban J connectivity index is 2.80. The molecule has 0 unspecified atom stereocenters. The molecule has 0 aliphatic rings. The van der Waals surface area contributed by atoms with Gasteiger partial charge in [-0.25, -0.2) is 0 Å². The third-order valence-corrected chi connectivity index (χ3v) is 3.37. The van der Waals surface area contributed by atoms with Crippen LogP contribution in [0.1, 0.15) is 33.3 Å². The van der Waals surface area contributed by atoms with Gasteiger partial charge in [-0.15, -0.1) is 0 Å². The van der Waals surface area contributed by atoms with Crippen molar-refractivity contribution in [2.75, 3.05) is 20.2 Å². The van der Waals surface area contributed by atoms with Gasteiger partial charge in [0.15, 0.2) is 0 Å². The summed E-state index contributed by atoms with van der Waals surface area (Å²) in [6.45, 7) is 7.98. The Hall–Kier alpha value is -2.01. The second-order valence-corrected chi connectivity index (χ2v) is 6.81. The Morgan fingerprint density at radius 3 is 2.54 bits per heavy atom. The molecule has 0 aliphatic carbocycles. The Bertz CT molecular complexity index is 621. The Kier molecular flexibility index (Phi) is 7.29. The van der Waals surface area contributed by atoms with Crippen LogP contribution in [0.25, 0.3) is 6.08 Å². The molecule has 6 heteroatoms. The van der Waals surface area contributed by atoms with E-state index in [4.69, 9.17) is 16.3 Å². The number of carbonyl (C=O) groups excluding carboxylic acids is 2. The van der Waals surface area contributed by atoms with Gasteiger partial charge in [-0.2, -0.15) is 0 Å². The number of amides is 2. The molecule has 132 valence electrons. The molecule has 0 atom stereocenters. The van der Waals surface area contributed by atoms with Crippen molar-refractivity contribution >= 4 is 29.5 Å². The van der Waals surface area contributed by atoms with Gasteiger partial charge in [-0.05, 0) is 52.0 Å². The summed E-state index contributed by atoms with van der Waals surface area (Å²) in [5.41, 5.74) is 0.373. The van der Waals surface area contributed by atoms with Gasteiger partial charge in [0.2, 0.25) is 11.8 Å². The molecule has 0 bridgehead atoms. The first-order valence-electron chi connectivity index (χ1n) is 7.78. The van der Waals surface area contributed by atoms with Crippen molar-refractivity contribution in [1.29, 1.82) is 0 Å². The molecule has 0 spiro atoms. The lowest BCUT2D eigenvalue weighted by atomic mass is 10.1. The normalized spacial score (nSPS) is 11.4. The molecule has 1 aromatic carbocycles. The number of nitrogens with one attached hydrogen (secondary N) is 1. The molecule has 0 saturated heterocycles. The summed E-state index contributed by atoms with van der Waals surface area (Å²) in [7, 11) is 1.55. The number of hydrogen-bond donors (Lipinski definition) is 1. The highest BCUT2D eigenvalue weighted by molar-refractivity contribution is 6.30. The van der Waals surface area contributed by atoms with Crippen LogP contribution in [0, 0.1) is 0 Å². The molecular formula is C18H25ClN2O3. The minimum Gasteiger partial charge on any atom is -0.496 e. The van der Waals surface area contributed by atoms with E-state index in [2.05, 4.69) is 5.32 Å². The molecule has 0 aliphatic heterocycles. The molecule has 1 N–H and O–H groups in total. The monoisotopic (exact) mass is 352 g/mol. The summed E-state index contributed by atoms with van der Waals surface area (Å²) in [4.78, 5) is 25.8. The summed E-state index contributed by atoms with van der Waals surface area (Å²) >= 11 is 5.97. The van der Waals surface area contributed by atoms with Gasteiger partial charge in [-0.1, -0.05) is 11.6 Å². The largest absolute Gasteiger partial charge is 0.496 e. The smallest absolute Gasteiger partial charge is 0.247 e. The van der Waals surface area contributed by atoms with E-state index < -0.39 is 0 Å². The zero-order chi connectivity index (χ0) is 18.3. The molecule has 1 aromatic rings. The summed E-state index contributed by atoms with van der Waals surface area (Å²) < 4.78 is 5.24. The number of halogens is 1. The van der Waals surface area contributed by atoms with Crippen LogP contribution in [0.3, 0.4) is 0 Å². The maximum Gasteiger partial charge on any atom is 0.247 e. The number of hydrogen-bond acceptors (Lipinski definition) is 3. The number of methoxy groups -OCH3 is 1. The third kappa shape index (κ3) is 6.62. The molecule has 0 fully saturated rings. The number of carbonyl (C=O) groups is 2. The highest BCUT2D eigenvalue weighted by Crippen LogP contribution is 2.23. The van der Waals surface area contributed by atoms with Crippen LogP contribution >= 0.6 is 11.6 Å². The van der Waals surface area contributed by atoms with Crippen molar-refractivity contribution in [2.24, 2.45) is 0 Å². The summed E-state index contributed by atoms with van der Waals surface area (Å²) in [5, 5.41) is 3.40. The van der Waals surface area contributed by atoms with E-state index in [-0.39, 0.29) is 23.9 Å². The number of likely N-dealkylation sites (N-methyl/N-ethyl adjacent to an activating group) is 1. The van der Waals surface area contributed by atoms with Gasteiger partial charge >= 0.3 is 0 Å². The van der Waals surface area contributed by atoms with E-state index >= 15 is 0 Å². The topological polar surface area (TPSA) is 58.6 Å². The molecule has 0 heterocycles. The van der Waals surface area contributed by atoms with Crippen LogP contribution in [0.5, 0.6) is 5.75 Å². The highest BCUT2D eigenvalue weighted by Gasteiger charge is 2.18. The van der Waals surface area contributed by atoms with Crippen molar-refractivity contribution in [3.8, 4) is 5.75 Å². The molecule has 0 aromatic heterocycles. The maximum atomic E-state index is 12.3. The van der Waals surface area contributed by atoms with Crippen LogP contribution in [0.15, 0.2) is 24.3 Å². The van der Waals surface area contributed by atoms with Crippen molar-refractivity contribution < 1.29 is 14.3 Å². The van der Waals surface area contributed by atoms with E-state index in [0.717, 1.165) is 0 Å². The first-order valence-corrected chi connectivity index (χ1v) is 8.15. The number of ether oxygens (including phenoxy) is 1. The predicted octanol–water partition coefficient (Wildman–Crippen LogP) is 3.13. The fraction of sp³-hybridized carbons (Fsp3) is 0.444. The van der Waals surface area contributed by atoms with Gasteiger partial charge in [0.25, 0.3) is 0 Å². The van der Waals surface area contributed by atoms with Gasteiger partial charge in [-0.3, -0.25) is 9.59 Å². The lowest BCUT2D eigenvalue weighted by Gasteiger charge is -2.24. The van der Waals surface area contributed by atoms with Crippen molar-refractivity contribution in [3.63, 3.8) is 0 Å². The molecular weight excluding hydrogens is 328 g/mol. The second kappa shape index (κ2) is 8.73. The molecule has 2 amide bonds. The lowest BCUT2D eigenvalue weighted by molar-refractivity contribution is -0.132. The van der Waals surface area contributed by atoms with Crippen molar-refractivity contribution in [1.82, 2.24) is 10.2 Å². The quantitative estimate of drug-likeness (QED) is 0.800. The SMILES string of the molecule is CCN(CC(=O)NC(C)(C)C)C(=O)/C=C/c1cc(Cl)ccc1OC. The van der Waals surface area contributed by atoms with E-state index in [1.807, 2.05) is 27.7 Å². The molecule has 0 saturated carbocycles. The average Bonchev–Trinajstić information content (AvgIpc) is 2.48. The highest BCUT2D eigenvalue weighted by atomic mass is 35.5. The van der Waals surface area contributed by atoms with E-state index in [1.165, 1.54) is 11.0 Å². The van der Waals surface area contributed by atoms with Crippen molar-refractivity contribution in [2.45, 2.75) is 33.2 Å². The first kappa shape index (κ1) is 20.0. The van der Waals surface area contributed by atoms with Crippen LogP contribution in [0.2, 0.25) is 5.02 Å². The van der Waals surface area contributed by atoms with Gasteiger partial charge in [0.1, 0.15) is 5.75 Å². The van der Waals surface area contributed by atoms with Crippen LogP contribution in [0.4, 0.5) is 0 Å². The molecule has 1 rings (SSSR count). The number of rotatable bonds is 6. The van der Waals surface area contributed by atoms with Gasteiger partial charge in [0.05, 0.1) is 13.7 Å². The Morgan fingerprint density at radius 2 is 2.00 bits per heavy atom. The Morgan fingerprint density at radius 1 is 1.33 bits per heavy atom. The van der Waals surface area contributed by atoms with Gasteiger partial charge < -0.3 is 15.0 Å². The fourth-order valence-corrected chi connectivity index (χ4v) is 2.26.